The standard InChI is InChI=1S/C21H21N5O2/c1-14(27-16-7-3-2-4-8-16)20-17-13-26(11-10-18(17)22-23-20)12-15-6-5-9-19-21(15)25-28-24-19/h2-9,14H,10-13H2,1H3,(H,22,23). The minimum Gasteiger partial charge on any atom is -0.484 e. The summed E-state index contributed by atoms with van der Waals surface area (Å²) in [6, 6.07) is 15.9. The molecule has 5 rings (SSSR count). The molecule has 0 radical (unpaired) electrons. The molecule has 3 heterocycles. The van der Waals surface area contributed by atoms with E-state index in [9.17, 15) is 0 Å². The first kappa shape index (κ1) is 16.9. The predicted octanol–water partition coefficient (Wildman–Crippen LogP) is 3.64. The average Bonchev–Trinajstić information content (AvgIpc) is 3.36. The van der Waals surface area contributed by atoms with E-state index in [0.29, 0.717) is 0 Å². The Balaban J connectivity index is 1.35. The molecular weight excluding hydrogens is 354 g/mol. The van der Waals surface area contributed by atoms with Gasteiger partial charge in [0.05, 0.1) is 0 Å². The minimum atomic E-state index is -0.120. The molecular formula is C21H21N5O2. The molecule has 0 aliphatic carbocycles. The molecule has 1 aliphatic heterocycles. The molecule has 7 heteroatoms. The summed E-state index contributed by atoms with van der Waals surface area (Å²) in [6.45, 7) is 4.63. The Morgan fingerprint density at radius 2 is 2.04 bits per heavy atom. The zero-order chi connectivity index (χ0) is 18.9. The molecule has 0 saturated carbocycles. The SMILES string of the molecule is CC(Oc1ccccc1)c1n[nH]c2c1CN(Cc1cccc3nonc13)CC2. The second kappa shape index (κ2) is 7.09. The van der Waals surface area contributed by atoms with Crippen LogP contribution in [-0.2, 0) is 19.5 Å². The molecule has 2 aromatic carbocycles. The van der Waals surface area contributed by atoms with E-state index in [1.807, 2.05) is 49.4 Å². The number of nitrogens with one attached hydrogen (secondary N) is 1. The zero-order valence-corrected chi connectivity index (χ0v) is 15.6. The Kier molecular flexibility index (Phi) is 4.29. The third-order valence-electron chi connectivity index (χ3n) is 5.25. The summed E-state index contributed by atoms with van der Waals surface area (Å²) < 4.78 is 11.0. The lowest BCUT2D eigenvalue weighted by molar-refractivity contribution is 0.211. The number of hydrogen-bond acceptors (Lipinski definition) is 6. The molecule has 1 unspecified atom stereocenters. The highest BCUT2D eigenvalue weighted by atomic mass is 16.6. The van der Waals surface area contributed by atoms with E-state index in [0.717, 1.165) is 54.1 Å². The quantitative estimate of drug-likeness (QED) is 0.574. The van der Waals surface area contributed by atoms with Crippen LogP contribution in [0.5, 0.6) is 5.75 Å². The van der Waals surface area contributed by atoms with Crippen LogP contribution in [0, 0.1) is 0 Å². The van der Waals surface area contributed by atoms with Crippen molar-refractivity contribution in [3.05, 3.63) is 71.0 Å². The molecule has 0 bridgehead atoms. The van der Waals surface area contributed by atoms with Crippen LogP contribution < -0.4 is 4.74 Å². The number of aromatic amines is 1. The number of para-hydroxylation sites is 1. The van der Waals surface area contributed by atoms with Gasteiger partial charge >= 0.3 is 0 Å². The summed E-state index contributed by atoms with van der Waals surface area (Å²) in [7, 11) is 0. The fourth-order valence-electron chi connectivity index (χ4n) is 3.83. The number of benzene rings is 2. The van der Waals surface area contributed by atoms with E-state index in [1.54, 1.807) is 0 Å². The van der Waals surface area contributed by atoms with Crippen molar-refractivity contribution in [2.45, 2.75) is 32.5 Å². The lowest BCUT2D eigenvalue weighted by Crippen LogP contribution is -2.30. The van der Waals surface area contributed by atoms with Gasteiger partial charge in [0.15, 0.2) is 0 Å². The van der Waals surface area contributed by atoms with Gasteiger partial charge in [-0.2, -0.15) is 5.10 Å². The Morgan fingerprint density at radius 3 is 2.93 bits per heavy atom. The molecule has 142 valence electrons. The van der Waals surface area contributed by atoms with Gasteiger partial charge in [0.25, 0.3) is 0 Å². The fourth-order valence-corrected chi connectivity index (χ4v) is 3.83. The molecule has 0 saturated heterocycles. The number of ether oxygens (including phenoxy) is 1. The van der Waals surface area contributed by atoms with E-state index in [4.69, 9.17) is 9.37 Å². The van der Waals surface area contributed by atoms with Crippen LogP contribution in [0.4, 0.5) is 0 Å². The Morgan fingerprint density at radius 1 is 1.14 bits per heavy atom. The highest BCUT2D eigenvalue weighted by molar-refractivity contribution is 5.76. The first-order valence-electron chi connectivity index (χ1n) is 9.48. The van der Waals surface area contributed by atoms with Gasteiger partial charge in [-0.1, -0.05) is 30.3 Å². The molecule has 0 spiro atoms. The Hall–Kier alpha value is -3.19. The average molecular weight is 375 g/mol. The molecule has 28 heavy (non-hydrogen) atoms. The number of rotatable bonds is 5. The number of nitrogens with zero attached hydrogens (tertiary/aromatic N) is 4. The molecule has 7 nitrogen and oxygen atoms in total. The van der Waals surface area contributed by atoms with E-state index in [2.05, 4.69) is 31.5 Å². The van der Waals surface area contributed by atoms with E-state index >= 15 is 0 Å². The summed E-state index contributed by atoms with van der Waals surface area (Å²) >= 11 is 0. The minimum absolute atomic E-state index is 0.120. The van der Waals surface area contributed by atoms with Crippen molar-refractivity contribution in [1.82, 2.24) is 25.4 Å². The van der Waals surface area contributed by atoms with Gasteiger partial charge < -0.3 is 4.74 Å². The third kappa shape index (κ3) is 3.14. The summed E-state index contributed by atoms with van der Waals surface area (Å²) in [5, 5.41) is 15.8. The summed E-state index contributed by atoms with van der Waals surface area (Å²) in [6.07, 6.45) is 0.818. The Labute approximate surface area is 162 Å². The van der Waals surface area contributed by atoms with Gasteiger partial charge in [-0.15, -0.1) is 0 Å². The van der Waals surface area contributed by atoms with Crippen molar-refractivity contribution < 1.29 is 9.37 Å². The smallest absolute Gasteiger partial charge is 0.140 e. The largest absolute Gasteiger partial charge is 0.484 e. The maximum atomic E-state index is 6.09. The third-order valence-corrected chi connectivity index (χ3v) is 5.25. The van der Waals surface area contributed by atoms with Crippen molar-refractivity contribution in [3.63, 3.8) is 0 Å². The highest BCUT2D eigenvalue weighted by Crippen LogP contribution is 2.29. The maximum absolute atomic E-state index is 6.09. The van der Waals surface area contributed by atoms with Gasteiger partial charge in [-0.3, -0.25) is 10.00 Å². The van der Waals surface area contributed by atoms with Gasteiger partial charge in [0.1, 0.15) is 28.6 Å². The van der Waals surface area contributed by atoms with Gasteiger partial charge in [0, 0.05) is 37.3 Å². The predicted molar refractivity (Wildman–Crippen MR) is 104 cm³/mol. The van der Waals surface area contributed by atoms with Crippen LogP contribution in [0.3, 0.4) is 0 Å². The van der Waals surface area contributed by atoms with Crippen LogP contribution in [0.1, 0.15) is 35.5 Å². The fraction of sp³-hybridized carbons (Fsp3) is 0.286. The molecule has 1 aliphatic rings. The number of H-pyrrole nitrogens is 1. The van der Waals surface area contributed by atoms with Crippen LogP contribution in [0.15, 0.2) is 53.2 Å². The van der Waals surface area contributed by atoms with Crippen molar-refractivity contribution in [2.24, 2.45) is 0 Å². The summed E-state index contributed by atoms with van der Waals surface area (Å²) in [5.74, 6) is 0.852. The molecule has 2 aromatic heterocycles. The number of fused-ring (bicyclic) bond motifs is 2. The van der Waals surface area contributed by atoms with Crippen molar-refractivity contribution in [1.29, 1.82) is 0 Å². The van der Waals surface area contributed by atoms with Gasteiger partial charge in [0.2, 0.25) is 0 Å². The highest BCUT2D eigenvalue weighted by Gasteiger charge is 2.26. The molecule has 0 amide bonds. The van der Waals surface area contributed by atoms with Gasteiger partial charge in [-0.05, 0) is 41.0 Å². The van der Waals surface area contributed by atoms with Crippen LogP contribution in [0.2, 0.25) is 0 Å². The first-order chi connectivity index (χ1) is 13.8. The number of hydrogen-bond donors (Lipinski definition) is 1. The van der Waals surface area contributed by atoms with Crippen LogP contribution in [0.25, 0.3) is 11.0 Å². The zero-order valence-electron chi connectivity index (χ0n) is 15.6. The Bertz CT molecular complexity index is 1090. The van der Waals surface area contributed by atoms with Crippen LogP contribution in [-0.4, -0.2) is 32.0 Å². The molecule has 1 N–H and O–H groups in total. The molecule has 0 fully saturated rings. The van der Waals surface area contributed by atoms with Crippen molar-refractivity contribution >= 4 is 11.0 Å². The van der Waals surface area contributed by atoms with E-state index < -0.39 is 0 Å². The lowest BCUT2D eigenvalue weighted by Gasteiger charge is -2.27. The number of aromatic nitrogens is 4. The first-order valence-corrected chi connectivity index (χ1v) is 9.48. The van der Waals surface area contributed by atoms with E-state index in [-0.39, 0.29) is 6.10 Å². The monoisotopic (exact) mass is 375 g/mol. The second-order valence-electron chi connectivity index (χ2n) is 7.15. The molecule has 1 atom stereocenters. The van der Waals surface area contributed by atoms with Gasteiger partial charge in [-0.25, -0.2) is 4.63 Å². The summed E-state index contributed by atoms with van der Waals surface area (Å²) in [5.41, 5.74) is 6.17. The molecule has 4 aromatic rings. The maximum Gasteiger partial charge on any atom is 0.140 e. The second-order valence-corrected chi connectivity index (χ2v) is 7.15. The topological polar surface area (TPSA) is 80.1 Å². The summed E-state index contributed by atoms with van der Waals surface area (Å²) in [4.78, 5) is 2.40. The van der Waals surface area contributed by atoms with E-state index in [1.165, 1.54) is 11.3 Å². The van der Waals surface area contributed by atoms with Crippen molar-refractivity contribution in [3.8, 4) is 5.75 Å². The normalized spacial score (nSPS) is 15.5. The van der Waals surface area contributed by atoms with Crippen molar-refractivity contribution in [2.75, 3.05) is 6.54 Å². The van der Waals surface area contributed by atoms with Crippen LogP contribution >= 0.6 is 0 Å². The lowest BCUT2D eigenvalue weighted by atomic mass is 10.0.